The Hall–Kier alpha value is -7.70. The van der Waals surface area contributed by atoms with E-state index in [9.17, 15) is 8.78 Å². The average molecular weight is 781 g/mol. The Morgan fingerprint density at radius 3 is 1.53 bits per heavy atom. The Bertz CT molecular complexity index is 3280. The van der Waals surface area contributed by atoms with Crippen molar-refractivity contribution in [3.05, 3.63) is 206 Å². The fraction of sp³-hybridized carbons (Fsp3) is 0.0370. The predicted molar refractivity (Wildman–Crippen MR) is 244 cm³/mol. The standard InChI is InChI=1S/C52H32F2N4.C2H6/c53-38-23-17-33(18-24-38)46-32-47(56-52(55-46)34-19-25-39(54)26-20-34)37-9-8-12-41(29-37)58-48-15-6-4-13-42(48)44-27-21-36(31-51(44)58)35-22-28-50-45(30-35)43-14-5-7-16-49(43)57(50)40-10-2-1-3-11-40;1-2/h1-32H;1-2H3. The van der Waals surface area contributed by atoms with Crippen molar-refractivity contribution in [2.75, 3.05) is 0 Å². The molecule has 0 bridgehead atoms. The van der Waals surface area contributed by atoms with Gasteiger partial charge in [-0.1, -0.05) is 98.8 Å². The second kappa shape index (κ2) is 15.2. The topological polar surface area (TPSA) is 35.6 Å². The fourth-order valence-electron chi connectivity index (χ4n) is 8.33. The maximum Gasteiger partial charge on any atom is 0.160 e. The minimum absolute atomic E-state index is 0.324. The van der Waals surface area contributed by atoms with Crippen molar-refractivity contribution in [2.24, 2.45) is 0 Å². The summed E-state index contributed by atoms with van der Waals surface area (Å²) in [4.78, 5) is 9.84. The van der Waals surface area contributed by atoms with Gasteiger partial charge in [0.1, 0.15) is 11.6 Å². The summed E-state index contributed by atoms with van der Waals surface area (Å²) in [5.74, 6) is -0.209. The van der Waals surface area contributed by atoms with E-state index in [0.29, 0.717) is 22.8 Å². The number of benzene rings is 8. The second-order valence-corrected chi connectivity index (χ2v) is 14.5. The van der Waals surface area contributed by atoms with Gasteiger partial charge in [-0.25, -0.2) is 18.7 Å². The van der Waals surface area contributed by atoms with E-state index in [1.54, 1.807) is 24.3 Å². The zero-order valence-corrected chi connectivity index (χ0v) is 33.0. The van der Waals surface area contributed by atoms with E-state index in [0.717, 1.165) is 61.0 Å². The Kier molecular flexibility index (Phi) is 9.30. The third-order valence-corrected chi connectivity index (χ3v) is 11.1. The maximum absolute atomic E-state index is 14.0. The lowest BCUT2D eigenvalue weighted by Gasteiger charge is -2.13. The summed E-state index contributed by atoms with van der Waals surface area (Å²) in [6, 6.07) is 63.9. The highest BCUT2D eigenvalue weighted by Crippen LogP contribution is 2.39. The highest BCUT2D eigenvalue weighted by atomic mass is 19.1. The molecule has 0 saturated heterocycles. The monoisotopic (exact) mass is 780 g/mol. The molecule has 3 aromatic heterocycles. The van der Waals surface area contributed by atoms with Crippen molar-refractivity contribution in [1.82, 2.24) is 19.1 Å². The maximum atomic E-state index is 14.0. The van der Waals surface area contributed by atoms with E-state index in [-0.39, 0.29) is 11.6 Å². The minimum Gasteiger partial charge on any atom is -0.309 e. The highest BCUT2D eigenvalue weighted by Gasteiger charge is 2.18. The van der Waals surface area contributed by atoms with Gasteiger partial charge in [-0.15, -0.1) is 0 Å². The fourth-order valence-corrected chi connectivity index (χ4v) is 8.33. The summed E-state index contributed by atoms with van der Waals surface area (Å²) in [6.45, 7) is 4.00. The Morgan fingerprint density at radius 2 is 0.833 bits per heavy atom. The molecule has 0 saturated carbocycles. The zero-order chi connectivity index (χ0) is 40.7. The van der Waals surface area contributed by atoms with Gasteiger partial charge in [-0.05, 0) is 120 Å². The van der Waals surface area contributed by atoms with Gasteiger partial charge in [-0.2, -0.15) is 0 Å². The molecule has 0 aliphatic heterocycles. The van der Waals surface area contributed by atoms with Crippen molar-refractivity contribution in [1.29, 1.82) is 0 Å². The molecule has 288 valence electrons. The quantitative estimate of drug-likeness (QED) is 0.168. The van der Waals surface area contributed by atoms with Gasteiger partial charge in [-0.3, -0.25) is 0 Å². The lowest BCUT2D eigenvalue weighted by molar-refractivity contribution is 0.627. The third kappa shape index (κ3) is 6.39. The molecule has 0 spiro atoms. The molecule has 0 unspecified atom stereocenters. The Balaban J connectivity index is 0.00000213. The van der Waals surface area contributed by atoms with Crippen molar-refractivity contribution in [3.63, 3.8) is 0 Å². The molecule has 3 heterocycles. The van der Waals surface area contributed by atoms with Gasteiger partial charge in [0.05, 0.1) is 33.5 Å². The summed E-state index contributed by atoms with van der Waals surface area (Å²) in [6.07, 6.45) is 0. The number of fused-ring (bicyclic) bond motifs is 6. The van der Waals surface area contributed by atoms with Crippen molar-refractivity contribution in [3.8, 4) is 56.4 Å². The smallest absolute Gasteiger partial charge is 0.160 e. The molecule has 0 aliphatic carbocycles. The van der Waals surface area contributed by atoms with Crippen LogP contribution < -0.4 is 0 Å². The normalized spacial score (nSPS) is 11.3. The van der Waals surface area contributed by atoms with Crippen molar-refractivity contribution in [2.45, 2.75) is 13.8 Å². The molecular formula is C54H38F2N4. The van der Waals surface area contributed by atoms with Crippen molar-refractivity contribution < 1.29 is 8.78 Å². The molecular weight excluding hydrogens is 743 g/mol. The number of hydrogen-bond acceptors (Lipinski definition) is 2. The minimum atomic E-state index is -0.336. The van der Waals surface area contributed by atoms with E-state index in [1.165, 1.54) is 40.6 Å². The van der Waals surface area contributed by atoms with Crippen LogP contribution in [0.2, 0.25) is 0 Å². The van der Waals surface area contributed by atoms with Crippen LogP contribution in [0.1, 0.15) is 13.8 Å². The molecule has 0 radical (unpaired) electrons. The first kappa shape index (κ1) is 36.6. The zero-order valence-electron chi connectivity index (χ0n) is 33.0. The molecule has 11 rings (SSSR count). The van der Waals surface area contributed by atoms with Crippen molar-refractivity contribution >= 4 is 43.6 Å². The molecule has 0 N–H and O–H groups in total. The van der Waals surface area contributed by atoms with E-state index in [1.807, 2.05) is 32.0 Å². The summed E-state index contributed by atoms with van der Waals surface area (Å²) in [5.41, 5.74) is 12.5. The highest BCUT2D eigenvalue weighted by molar-refractivity contribution is 6.12. The van der Waals surface area contributed by atoms with E-state index in [2.05, 4.69) is 137 Å². The van der Waals surface area contributed by atoms with Gasteiger partial charge in [0.2, 0.25) is 0 Å². The number of rotatable bonds is 6. The van der Waals surface area contributed by atoms with Crippen LogP contribution in [0, 0.1) is 11.6 Å². The molecule has 11 aromatic rings. The van der Waals surface area contributed by atoms with Gasteiger partial charge < -0.3 is 9.13 Å². The average Bonchev–Trinajstić information content (AvgIpc) is 3.82. The molecule has 8 aromatic carbocycles. The molecule has 6 heteroatoms. The van der Waals surface area contributed by atoms with Crippen LogP contribution in [0.25, 0.3) is 100 Å². The van der Waals surface area contributed by atoms with E-state index in [4.69, 9.17) is 9.97 Å². The molecule has 0 fully saturated rings. The lowest BCUT2D eigenvalue weighted by Crippen LogP contribution is -1.98. The number of nitrogens with zero attached hydrogens (tertiary/aromatic N) is 4. The van der Waals surface area contributed by atoms with Crippen LogP contribution in [0.5, 0.6) is 0 Å². The van der Waals surface area contributed by atoms with Crippen LogP contribution in [0.4, 0.5) is 8.78 Å². The van der Waals surface area contributed by atoms with Gasteiger partial charge in [0.25, 0.3) is 0 Å². The van der Waals surface area contributed by atoms with Crippen LogP contribution in [-0.2, 0) is 0 Å². The molecule has 4 nitrogen and oxygen atoms in total. The number of hydrogen-bond donors (Lipinski definition) is 0. The summed E-state index contributed by atoms with van der Waals surface area (Å²) in [7, 11) is 0. The Morgan fingerprint density at radius 1 is 0.333 bits per heavy atom. The van der Waals surface area contributed by atoms with Crippen LogP contribution in [0.15, 0.2) is 194 Å². The van der Waals surface area contributed by atoms with Crippen LogP contribution in [0.3, 0.4) is 0 Å². The summed E-state index contributed by atoms with van der Waals surface area (Å²) in [5, 5.41) is 4.74. The van der Waals surface area contributed by atoms with E-state index < -0.39 is 0 Å². The predicted octanol–water partition coefficient (Wildman–Crippen LogP) is 14.6. The summed E-state index contributed by atoms with van der Waals surface area (Å²) >= 11 is 0. The SMILES string of the molecule is CC.Fc1ccc(-c2cc(-c3cccc(-n4c5ccccc5c5ccc(-c6ccc7c(c6)c6ccccc6n7-c6ccccc6)cc54)c3)nc(-c3ccc(F)cc3)n2)cc1. The molecule has 0 amide bonds. The second-order valence-electron chi connectivity index (χ2n) is 14.5. The number of para-hydroxylation sites is 3. The summed E-state index contributed by atoms with van der Waals surface area (Å²) < 4.78 is 32.6. The lowest BCUT2D eigenvalue weighted by atomic mass is 10.0. The Labute approximate surface area is 346 Å². The van der Waals surface area contributed by atoms with Gasteiger partial charge in [0, 0.05) is 49.6 Å². The first-order valence-corrected chi connectivity index (χ1v) is 20.2. The van der Waals surface area contributed by atoms with Crippen LogP contribution >= 0.6 is 0 Å². The molecule has 0 atom stereocenters. The van der Waals surface area contributed by atoms with Crippen LogP contribution in [-0.4, -0.2) is 19.1 Å². The number of halogens is 2. The first-order chi connectivity index (χ1) is 29.6. The van der Waals surface area contributed by atoms with Gasteiger partial charge in [0.15, 0.2) is 5.82 Å². The van der Waals surface area contributed by atoms with E-state index >= 15 is 0 Å². The van der Waals surface area contributed by atoms with Gasteiger partial charge >= 0.3 is 0 Å². The largest absolute Gasteiger partial charge is 0.309 e. The molecule has 0 aliphatic rings. The number of aromatic nitrogens is 4. The first-order valence-electron chi connectivity index (χ1n) is 20.2. The molecule has 60 heavy (non-hydrogen) atoms. The third-order valence-electron chi connectivity index (χ3n) is 11.1.